The summed E-state index contributed by atoms with van der Waals surface area (Å²) in [5, 5.41) is 3.17. The molecule has 2 aromatic rings. The molecule has 1 aromatic carbocycles. The van der Waals surface area contributed by atoms with E-state index in [4.69, 9.17) is 9.47 Å². The highest BCUT2D eigenvalue weighted by Crippen LogP contribution is 2.29. The predicted molar refractivity (Wildman–Crippen MR) is 103 cm³/mol. The first kappa shape index (κ1) is 19.6. The molecule has 0 saturated carbocycles. The summed E-state index contributed by atoms with van der Waals surface area (Å²) >= 11 is 1.30. The van der Waals surface area contributed by atoms with Gasteiger partial charge in [-0.05, 0) is 31.2 Å². The summed E-state index contributed by atoms with van der Waals surface area (Å²) in [5.74, 6) is 1.02. The van der Waals surface area contributed by atoms with E-state index in [-0.39, 0.29) is 18.3 Å². The quantitative estimate of drug-likeness (QED) is 0.747. The van der Waals surface area contributed by atoms with Gasteiger partial charge in [-0.1, -0.05) is 0 Å². The molecule has 1 aliphatic heterocycles. The van der Waals surface area contributed by atoms with Crippen LogP contribution in [0.5, 0.6) is 11.5 Å². The highest BCUT2D eigenvalue weighted by molar-refractivity contribution is 7.89. The van der Waals surface area contributed by atoms with Gasteiger partial charge in [0, 0.05) is 24.4 Å². The molecule has 0 radical (unpaired) electrons. The largest absolute Gasteiger partial charge is 0.497 e. The summed E-state index contributed by atoms with van der Waals surface area (Å²) < 4.78 is 36.0. The van der Waals surface area contributed by atoms with Crippen molar-refractivity contribution in [1.29, 1.82) is 0 Å². The molecule has 1 N–H and O–H groups in total. The second-order valence-corrected chi connectivity index (χ2v) is 9.23. The molecule has 0 unspecified atom stereocenters. The van der Waals surface area contributed by atoms with Crippen LogP contribution in [-0.4, -0.2) is 49.6 Å². The Bertz CT molecular complexity index is 909. The standard InChI is InChI=1S/C17H21N3O5S2/c1-3-27(22,23)20-9-8-14-15(10-20)26-17(18-14)19-16(21)11-25-13-6-4-12(24-2)5-7-13/h4-7H,3,8-11H2,1-2H3,(H,18,19,21). The SMILES string of the molecule is CCS(=O)(=O)N1CCc2nc(NC(=O)COc3ccc(OC)cc3)sc2C1. The maximum Gasteiger partial charge on any atom is 0.264 e. The summed E-state index contributed by atoms with van der Waals surface area (Å²) in [4.78, 5) is 17.4. The number of hydrogen-bond donors (Lipinski definition) is 1. The van der Waals surface area contributed by atoms with E-state index in [1.807, 2.05) is 0 Å². The van der Waals surface area contributed by atoms with Crippen LogP contribution >= 0.6 is 11.3 Å². The van der Waals surface area contributed by atoms with Crippen LogP contribution in [0.15, 0.2) is 24.3 Å². The number of thiazole rings is 1. The fourth-order valence-electron chi connectivity index (χ4n) is 2.62. The zero-order valence-electron chi connectivity index (χ0n) is 15.1. The van der Waals surface area contributed by atoms with Crippen LogP contribution in [0.25, 0.3) is 0 Å². The van der Waals surface area contributed by atoms with Crippen molar-refractivity contribution in [2.24, 2.45) is 0 Å². The summed E-state index contributed by atoms with van der Waals surface area (Å²) in [6, 6.07) is 6.93. The average molecular weight is 412 g/mol. The molecule has 1 aliphatic rings. The lowest BCUT2D eigenvalue weighted by Gasteiger charge is -2.24. The Balaban J connectivity index is 1.56. The van der Waals surface area contributed by atoms with Gasteiger partial charge in [0.15, 0.2) is 11.7 Å². The van der Waals surface area contributed by atoms with Gasteiger partial charge in [-0.15, -0.1) is 11.3 Å². The minimum Gasteiger partial charge on any atom is -0.497 e. The number of carbonyl (C=O) groups is 1. The minimum atomic E-state index is -3.23. The lowest BCUT2D eigenvalue weighted by Crippen LogP contribution is -2.36. The topological polar surface area (TPSA) is 97.8 Å². The Morgan fingerprint density at radius 3 is 2.67 bits per heavy atom. The molecule has 0 fully saturated rings. The van der Waals surface area contributed by atoms with Crippen LogP contribution < -0.4 is 14.8 Å². The number of fused-ring (bicyclic) bond motifs is 1. The first-order valence-corrected chi connectivity index (χ1v) is 10.9. The number of hydrogen-bond acceptors (Lipinski definition) is 7. The number of anilines is 1. The minimum absolute atomic E-state index is 0.0768. The molecular formula is C17H21N3O5S2. The van der Waals surface area contributed by atoms with Crippen LogP contribution in [0.2, 0.25) is 0 Å². The van der Waals surface area contributed by atoms with E-state index in [1.54, 1.807) is 38.3 Å². The van der Waals surface area contributed by atoms with Crippen molar-refractivity contribution in [3.63, 3.8) is 0 Å². The third kappa shape index (κ3) is 4.76. The third-order valence-electron chi connectivity index (χ3n) is 4.13. The van der Waals surface area contributed by atoms with Crippen molar-refractivity contribution in [3.8, 4) is 11.5 Å². The Morgan fingerprint density at radius 1 is 1.30 bits per heavy atom. The lowest BCUT2D eigenvalue weighted by atomic mass is 10.2. The van der Waals surface area contributed by atoms with Gasteiger partial charge in [-0.2, -0.15) is 4.31 Å². The van der Waals surface area contributed by atoms with Gasteiger partial charge < -0.3 is 9.47 Å². The number of ether oxygens (including phenoxy) is 2. The van der Waals surface area contributed by atoms with Crippen molar-refractivity contribution in [1.82, 2.24) is 9.29 Å². The Labute approximate surface area is 162 Å². The zero-order chi connectivity index (χ0) is 19.4. The van der Waals surface area contributed by atoms with E-state index in [0.717, 1.165) is 10.6 Å². The molecule has 8 nitrogen and oxygen atoms in total. The normalized spacial score (nSPS) is 14.4. The Kier molecular flexibility index (Phi) is 5.98. The molecule has 1 amide bonds. The number of benzene rings is 1. The Hall–Kier alpha value is -2.17. The monoisotopic (exact) mass is 411 g/mol. The first-order valence-electron chi connectivity index (χ1n) is 8.44. The molecular weight excluding hydrogens is 390 g/mol. The predicted octanol–water partition coefficient (Wildman–Crippen LogP) is 1.88. The van der Waals surface area contributed by atoms with E-state index < -0.39 is 10.0 Å². The van der Waals surface area contributed by atoms with Crippen LogP contribution in [0.3, 0.4) is 0 Å². The highest BCUT2D eigenvalue weighted by Gasteiger charge is 2.28. The van der Waals surface area contributed by atoms with Gasteiger partial charge in [0.1, 0.15) is 11.5 Å². The molecule has 0 aliphatic carbocycles. The van der Waals surface area contributed by atoms with E-state index in [9.17, 15) is 13.2 Å². The van der Waals surface area contributed by atoms with Gasteiger partial charge in [0.25, 0.3) is 5.91 Å². The van der Waals surface area contributed by atoms with Gasteiger partial charge in [0.2, 0.25) is 10.0 Å². The van der Waals surface area contributed by atoms with Crippen molar-refractivity contribution < 1.29 is 22.7 Å². The maximum absolute atomic E-state index is 12.1. The molecule has 2 heterocycles. The third-order valence-corrected chi connectivity index (χ3v) is 6.96. The molecule has 146 valence electrons. The molecule has 0 saturated heterocycles. The summed E-state index contributed by atoms with van der Waals surface area (Å²) in [5.41, 5.74) is 0.842. The zero-order valence-corrected chi connectivity index (χ0v) is 16.7. The van der Waals surface area contributed by atoms with Crippen molar-refractivity contribution >= 4 is 32.4 Å². The molecule has 1 aromatic heterocycles. The van der Waals surface area contributed by atoms with Crippen LogP contribution in [0, 0.1) is 0 Å². The number of nitrogens with zero attached hydrogens (tertiary/aromatic N) is 2. The van der Waals surface area contributed by atoms with E-state index in [1.165, 1.54) is 15.6 Å². The number of methoxy groups -OCH3 is 1. The first-order chi connectivity index (χ1) is 12.9. The van der Waals surface area contributed by atoms with Crippen LogP contribution in [0.1, 0.15) is 17.5 Å². The summed E-state index contributed by atoms with van der Waals surface area (Å²) in [6.45, 7) is 2.21. The summed E-state index contributed by atoms with van der Waals surface area (Å²) in [7, 11) is -1.65. The van der Waals surface area contributed by atoms with E-state index in [2.05, 4.69) is 10.3 Å². The average Bonchev–Trinajstić information content (AvgIpc) is 3.08. The second-order valence-electron chi connectivity index (χ2n) is 5.89. The number of aromatic nitrogens is 1. The lowest BCUT2D eigenvalue weighted by molar-refractivity contribution is -0.118. The van der Waals surface area contributed by atoms with Gasteiger partial charge in [-0.25, -0.2) is 13.4 Å². The number of amides is 1. The number of sulfonamides is 1. The van der Waals surface area contributed by atoms with Crippen molar-refractivity contribution in [3.05, 3.63) is 34.8 Å². The molecule has 0 spiro atoms. The van der Waals surface area contributed by atoms with Crippen LogP contribution in [-0.2, 0) is 27.8 Å². The van der Waals surface area contributed by atoms with E-state index >= 15 is 0 Å². The number of carbonyl (C=O) groups excluding carboxylic acids is 1. The maximum atomic E-state index is 12.1. The molecule has 27 heavy (non-hydrogen) atoms. The second kappa shape index (κ2) is 8.24. The fraction of sp³-hybridized carbons (Fsp3) is 0.412. The van der Waals surface area contributed by atoms with Crippen molar-refractivity contribution in [2.45, 2.75) is 19.9 Å². The number of rotatable bonds is 7. The molecule has 0 bridgehead atoms. The summed E-state index contributed by atoms with van der Waals surface area (Å²) in [6.07, 6.45) is 0.545. The van der Waals surface area contributed by atoms with Crippen molar-refractivity contribution in [2.75, 3.05) is 31.3 Å². The molecule has 10 heteroatoms. The van der Waals surface area contributed by atoms with Crippen LogP contribution in [0.4, 0.5) is 5.13 Å². The molecule has 3 rings (SSSR count). The van der Waals surface area contributed by atoms with E-state index in [0.29, 0.717) is 36.1 Å². The smallest absolute Gasteiger partial charge is 0.264 e. The number of nitrogens with one attached hydrogen (secondary N) is 1. The van der Waals surface area contributed by atoms with Gasteiger partial charge in [-0.3, -0.25) is 10.1 Å². The molecule has 0 atom stereocenters. The van der Waals surface area contributed by atoms with Gasteiger partial charge in [0.05, 0.1) is 18.6 Å². The van der Waals surface area contributed by atoms with Gasteiger partial charge >= 0.3 is 0 Å². The highest BCUT2D eigenvalue weighted by atomic mass is 32.2. The fourth-order valence-corrected chi connectivity index (χ4v) is 4.80. The Morgan fingerprint density at radius 2 is 2.00 bits per heavy atom.